The summed E-state index contributed by atoms with van der Waals surface area (Å²) in [4.78, 5) is 8.33. The largest absolute Gasteiger partial charge is 0.389 e. The highest BCUT2D eigenvalue weighted by atomic mass is 32.1. The Hall–Kier alpha value is -1.62. The first-order chi connectivity index (χ1) is 7.24. The standard InChI is InChI=1S/C10H12N4S/c1-7-2-3-8(4-12-7)5-13-10-14-6-9(11)15-10/h2-4,6H,5,11H2,1H3,(H,13,14). The van der Waals surface area contributed by atoms with Crippen molar-refractivity contribution < 1.29 is 0 Å². The zero-order valence-electron chi connectivity index (χ0n) is 8.40. The van der Waals surface area contributed by atoms with Crippen LogP contribution in [0, 0.1) is 6.92 Å². The van der Waals surface area contributed by atoms with Crippen LogP contribution >= 0.6 is 11.3 Å². The molecule has 2 rings (SSSR count). The van der Waals surface area contributed by atoms with Crippen LogP contribution in [-0.4, -0.2) is 9.97 Å². The van der Waals surface area contributed by atoms with Gasteiger partial charge in [0.05, 0.1) is 6.20 Å². The third-order valence-electron chi connectivity index (χ3n) is 1.94. The number of nitrogens with one attached hydrogen (secondary N) is 1. The van der Waals surface area contributed by atoms with Crippen LogP contribution in [0.2, 0.25) is 0 Å². The molecule has 0 radical (unpaired) electrons. The number of nitrogen functional groups attached to an aromatic ring is 1. The molecule has 78 valence electrons. The van der Waals surface area contributed by atoms with Crippen LogP contribution in [-0.2, 0) is 6.54 Å². The summed E-state index contributed by atoms with van der Waals surface area (Å²) < 4.78 is 0. The summed E-state index contributed by atoms with van der Waals surface area (Å²) in [5, 5.41) is 4.75. The van der Waals surface area contributed by atoms with Crippen molar-refractivity contribution in [2.24, 2.45) is 0 Å². The van der Waals surface area contributed by atoms with Crippen molar-refractivity contribution in [2.45, 2.75) is 13.5 Å². The Morgan fingerprint density at radius 3 is 2.80 bits per heavy atom. The lowest BCUT2D eigenvalue weighted by Gasteiger charge is -2.02. The Balaban J connectivity index is 1.96. The molecule has 0 bridgehead atoms. The number of anilines is 2. The van der Waals surface area contributed by atoms with Gasteiger partial charge in [-0.05, 0) is 18.6 Å². The first kappa shape index (κ1) is 9.92. The minimum Gasteiger partial charge on any atom is -0.389 e. The average molecular weight is 220 g/mol. The number of aromatic nitrogens is 2. The van der Waals surface area contributed by atoms with Gasteiger partial charge in [-0.3, -0.25) is 4.98 Å². The molecule has 0 aliphatic rings. The molecule has 4 nitrogen and oxygen atoms in total. The minimum atomic E-state index is 0.722. The fourth-order valence-electron chi connectivity index (χ4n) is 1.15. The Morgan fingerprint density at radius 1 is 1.33 bits per heavy atom. The number of aryl methyl sites for hydroxylation is 1. The van der Waals surface area contributed by atoms with E-state index in [2.05, 4.69) is 15.3 Å². The second-order valence-electron chi connectivity index (χ2n) is 3.23. The molecule has 0 saturated heterocycles. The van der Waals surface area contributed by atoms with Crippen LogP contribution in [0.4, 0.5) is 10.1 Å². The van der Waals surface area contributed by atoms with E-state index in [9.17, 15) is 0 Å². The number of pyridine rings is 1. The summed E-state index contributed by atoms with van der Waals surface area (Å²) in [6.07, 6.45) is 3.51. The number of hydrogen-bond acceptors (Lipinski definition) is 5. The van der Waals surface area contributed by atoms with Crippen LogP contribution in [0.15, 0.2) is 24.5 Å². The first-order valence-corrected chi connectivity index (χ1v) is 5.42. The molecule has 0 saturated carbocycles. The van der Waals surface area contributed by atoms with Crippen molar-refractivity contribution in [1.82, 2.24) is 9.97 Å². The Labute approximate surface area is 92.2 Å². The van der Waals surface area contributed by atoms with Crippen LogP contribution in [0.5, 0.6) is 0 Å². The van der Waals surface area contributed by atoms with E-state index in [1.165, 1.54) is 11.3 Å². The highest BCUT2D eigenvalue weighted by Crippen LogP contribution is 2.19. The number of rotatable bonds is 3. The molecule has 0 atom stereocenters. The smallest absolute Gasteiger partial charge is 0.184 e. The van der Waals surface area contributed by atoms with E-state index < -0.39 is 0 Å². The van der Waals surface area contributed by atoms with Gasteiger partial charge in [-0.2, -0.15) is 0 Å². The number of thiazole rings is 1. The van der Waals surface area contributed by atoms with E-state index in [1.807, 2.05) is 25.3 Å². The van der Waals surface area contributed by atoms with E-state index >= 15 is 0 Å². The minimum absolute atomic E-state index is 0.722. The highest BCUT2D eigenvalue weighted by molar-refractivity contribution is 7.19. The first-order valence-electron chi connectivity index (χ1n) is 4.61. The van der Waals surface area contributed by atoms with Crippen molar-refractivity contribution in [2.75, 3.05) is 11.1 Å². The molecule has 0 amide bonds. The van der Waals surface area contributed by atoms with Gasteiger partial charge in [0.25, 0.3) is 0 Å². The Bertz CT molecular complexity index is 435. The summed E-state index contributed by atoms with van der Waals surface area (Å²) in [6, 6.07) is 4.04. The van der Waals surface area contributed by atoms with Gasteiger partial charge in [0.2, 0.25) is 0 Å². The lowest BCUT2D eigenvalue weighted by Crippen LogP contribution is -1.99. The molecule has 0 aliphatic heterocycles. The van der Waals surface area contributed by atoms with Crippen molar-refractivity contribution >= 4 is 21.5 Å². The van der Waals surface area contributed by atoms with E-state index in [-0.39, 0.29) is 0 Å². The molecule has 2 aromatic heterocycles. The molecule has 0 spiro atoms. The SMILES string of the molecule is Cc1ccc(CNc2ncc(N)s2)cn1. The number of nitrogens with two attached hydrogens (primary N) is 1. The Kier molecular flexibility index (Phi) is 2.82. The molecule has 0 aromatic carbocycles. The zero-order chi connectivity index (χ0) is 10.7. The van der Waals surface area contributed by atoms with Gasteiger partial charge in [-0.15, -0.1) is 0 Å². The lowest BCUT2D eigenvalue weighted by molar-refractivity contribution is 1.08. The maximum Gasteiger partial charge on any atom is 0.184 e. The van der Waals surface area contributed by atoms with Gasteiger partial charge in [-0.25, -0.2) is 4.98 Å². The molecule has 2 heterocycles. The maximum absolute atomic E-state index is 5.57. The molecular weight excluding hydrogens is 208 g/mol. The van der Waals surface area contributed by atoms with Crippen molar-refractivity contribution in [3.05, 3.63) is 35.8 Å². The van der Waals surface area contributed by atoms with Crippen molar-refractivity contribution in [3.63, 3.8) is 0 Å². The van der Waals surface area contributed by atoms with Crippen LogP contribution in [0.25, 0.3) is 0 Å². The third kappa shape index (κ3) is 2.66. The highest BCUT2D eigenvalue weighted by Gasteiger charge is 1.98. The summed E-state index contributed by atoms with van der Waals surface area (Å²) in [5.41, 5.74) is 7.73. The van der Waals surface area contributed by atoms with Gasteiger partial charge >= 0.3 is 0 Å². The van der Waals surface area contributed by atoms with Gasteiger partial charge in [0.15, 0.2) is 5.13 Å². The van der Waals surface area contributed by atoms with E-state index in [4.69, 9.17) is 5.73 Å². The molecule has 5 heteroatoms. The Morgan fingerprint density at radius 2 is 2.20 bits per heavy atom. The fraction of sp³-hybridized carbons (Fsp3) is 0.200. The van der Waals surface area contributed by atoms with E-state index in [0.29, 0.717) is 0 Å². The maximum atomic E-state index is 5.57. The van der Waals surface area contributed by atoms with Gasteiger partial charge in [0, 0.05) is 18.4 Å². The van der Waals surface area contributed by atoms with E-state index in [0.717, 1.165) is 27.9 Å². The second kappa shape index (κ2) is 4.27. The summed E-state index contributed by atoms with van der Waals surface area (Å²) in [6.45, 7) is 2.69. The van der Waals surface area contributed by atoms with Gasteiger partial charge in [0.1, 0.15) is 5.00 Å². The molecule has 15 heavy (non-hydrogen) atoms. The molecule has 0 fully saturated rings. The average Bonchev–Trinajstić information content (AvgIpc) is 2.64. The predicted molar refractivity (Wildman–Crippen MR) is 62.8 cm³/mol. The molecule has 3 N–H and O–H groups in total. The lowest BCUT2D eigenvalue weighted by atomic mass is 10.2. The van der Waals surface area contributed by atoms with Crippen LogP contribution in [0.3, 0.4) is 0 Å². The van der Waals surface area contributed by atoms with E-state index in [1.54, 1.807) is 6.20 Å². The van der Waals surface area contributed by atoms with Crippen molar-refractivity contribution in [3.8, 4) is 0 Å². The zero-order valence-corrected chi connectivity index (χ0v) is 9.21. The summed E-state index contributed by atoms with van der Waals surface area (Å²) in [7, 11) is 0. The van der Waals surface area contributed by atoms with Gasteiger partial charge in [-0.1, -0.05) is 17.4 Å². The molecule has 0 aliphatic carbocycles. The van der Waals surface area contributed by atoms with Crippen LogP contribution in [0.1, 0.15) is 11.3 Å². The molecular formula is C10H12N4S. The molecule has 2 aromatic rings. The summed E-state index contributed by atoms with van der Waals surface area (Å²) >= 11 is 1.45. The normalized spacial score (nSPS) is 10.2. The van der Waals surface area contributed by atoms with Crippen LogP contribution < -0.4 is 11.1 Å². The van der Waals surface area contributed by atoms with Crippen molar-refractivity contribution in [1.29, 1.82) is 0 Å². The summed E-state index contributed by atoms with van der Waals surface area (Å²) in [5.74, 6) is 0. The molecule has 0 unspecified atom stereocenters. The second-order valence-corrected chi connectivity index (χ2v) is 4.29. The number of nitrogens with zero attached hydrogens (tertiary/aromatic N) is 2. The quantitative estimate of drug-likeness (QED) is 0.830. The monoisotopic (exact) mass is 220 g/mol. The van der Waals surface area contributed by atoms with Gasteiger partial charge < -0.3 is 11.1 Å². The topological polar surface area (TPSA) is 63.8 Å². The predicted octanol–water partition coefficient (Wildman–Crippen LogP) is 2.04. The number of hydrogen-bond donors (Lipinski definition) is 2. The fourth-order valence-corrected chi connectivity index (χ4v) is 1.73. The third-order valence-corrected chi connectivity index (χ3v) is 2.72.